The van der Waals surface area contributed by atoms with Crippen LogP contribution in [0.2, 0.25) is 10.0 Å². The Morgan fingerprint density at radius 2 is 1.89 bits per heavy atom. The second kappa shape index (κ2) is 8.33. The average Bonchev–Trinajstić information content (AvgIpc) is 2.66. The number of H-pyrrole nitrogens is 1. The molecule has 1 amide bonds. The molecule has 0 unspecified atom stereocenters. The predicted molar refractivity (Wildman–Crippen MR) is 108 cm³/mol. The van der Waals surface area contributed by atoms with Gasteiger partial charge in [0, 0.05) is 16.9 Å². The van der Waals surface area contributed by atoms with Gasteiger partial charge in [0.15, 0.2) is 0 Å². The summed E-state index contributed by atoms with van der Waals surface area (Å²) in [5, 5.41) is 3.29. The Labute approximate surface area is 169 Å². The molecule has 9 heteroatoms. The second-order valence-corrected chi connectivity index (χ2v) is 6.61. The Kier molecular flexibility index (Phi) is 5.87. The number of carbonyl (C=O) groups excluding carboxylic acids is 1. The fourth-order valence-corrected chi connectivity index (χ4v) is 3.01. The van der Waals surface area contributed by atoms with Gasteiger partial charge in [-0.2, -0.15) is 0 Å². The van der Waals surface area contributed by atoms with E-state index in [0.29, 0.717) is 27.0 Å². The van der Waals surface area contributed by atoms with Crippen LogP contribution in [0.15, 0.2) is 58.3 Å². The number of hydrogen-bond donors (Lipinski definition) is 2. The summed E-state index contributed by atoms with van der Waals surface area (Å²) < 4.78 is 5.97. The number of benzene rings is 2. The van der Waals surface area contributed by atoms with Crippen LogP contribution in [0.1, 0.15) is 15.9 Å². The van der Waals surface area contributed by atoms with Crippen LogP contribution in [0.4, 0.5) is 5.69 Å². The molecule has 0 aliphatic carbocycles. The summed E-state index contributed by atoms with van der Waals surface area (Å²) >= 11 is 12.1. The van der Waals surface area contributed by atoms with Gasteiger partial charge in [0.2, 0.25) is 0 Å². The number of aromatic nitrogens is 2. The molecule has 7 nitrogen and oxygen atoms in total. The van der Waals surface area contributed by atoms with E-state index in [-0.39, 0.29) is 12.1 Å². The van der Waals surface area contributed by atoms with E-state index < -0.39 is 17.2 Å². The second-order valence-electron chi connectivity index (χ2n) is 5.79. The van der Waals surface area contributed by atoms with Crippen molar-refractivity contribution in [1.29, 1.82) is 0 Å². The zero-order valence-electron chi connectivity index (χ0n) is 14.7. The minimum Gasteiger partial charge on any atom is -0.495 e. The lowest BCUT2D eigenvalue weighted by molar-refractivity contribution is 0.102. The molecule has 28 heavy (non-hydrogen) atoms. The largest absolute Gasteiger partial charge is 0.495 e. The molecule has 3 aromatic rings. The summed E-state index contributed by atoms with van der Waals surface area (Å²) in [7, 11) is 1.47. The third-order valence-corrected chi connectivity index (χ3v) is 4.67. The Balaban J connectivity index is 1.91. The number of nitrogens with one attached hydrogen (secondary N) is 2. The molecule has 2 N–H and O–H groups in total. The van der Waals surface area contributed by atoms with Crippen LogP contribution in [0.25, 0.3) is 0 Å². The van der Waals surface area contributed by atoms with E-state index in [1.54, 1.807) is 36.4 Å². The topological polar surface area (TPSA) is 93.2 Å². The van der Waals surface area contributed by atoms with Gasteiger partial charge in [0.25, 0.3) is 11.5 Å². The summed E-state index contributed by atoms with van der Waals surface area (Å²) in [6.07, 6.45) is 1.08. The van der Waals surface area contributed by atoms with E-state index in [4.69, 9.17) is 27.9 Å². The van der Waals surface area contributed by atoms with Gasteiger partial charge in [0.1, 0.15) is 11.3 Å². The molecule has 0 bridgehead atoms. The molecule has 0 aliphatic heterocycles. The zero-order chi connectivity index (χ0) is 20.3. The van der Waals surface area contributed by atoms with E-state index in [9.17, 15) is 14.4 Å². The number of carbonyl (C=O) groups is 1. The third kappa shape index (κ3) is 4.11. The maximum absolute atomic E-state index is 12.7. The van der Waals surface area contributed by atoms with Gasteiger partial charge in [-0.25, -0.2) is 4.79 Å². The van der Waals surface area contributed by atoms with Crippen LogP contribution in [0.5, 0.6) is 5.75 Å². The molecule has 0 saturated carbocycles. The number of halogens is 2. The molecular weight excluding hydrogens is 405 g/mol. The number of rotatable bonds is 5. The van der Waals surface area contributed by atoms with Gasteiger partial charge < -0.3 is 15.0 Å². The highest BCUT2D eigenvalue weighted by Crippen LogP contribution is 2.27. The van der Waals surface area contributed by atoms with E-state index in [0.717, 1.165) is 10.8 Å². The number of hydrogen-bond acceptors (Lipinski definition) is 4. The molecule has 0 fully saturated rings. The predicted octanol–water partition coefficient (Wildman–Crippen LogP) is 3.15. The molecular formula is C19H15Cl2N3O4. The third-order valence-electron chi connectivity index (χ3n) is 4.00. The molecule has 0 radical (unpaired) electrons. The molecule has 144 valence electrons. The number of aromatic amines is 1. The maximum atomic E-state index is 12.7. The SMILES string of the molecule is COc1ccc(NC(=O)c2c[nH]c(=O)n(Cc3ccccc3Cl)c2=O)cc1Cl. The number of nitrogens with zero attached hydrogens (tertiary/aromatic N) is 1. The monoisotopic (exact) mass is 419 g/mol. The minimum absolute atomic E-state index is 0.0661. The first kappa shape index (κ1) is 19.7. The molecule has 1 aromatic heterocycles. The van der Waals surface area contributed by atoms with Gasteiger partial charge in [-0.15, -0.1) is 0 Å². The van der Waals surface area contributed by atoms with Gasteiger partial charge in [-0.3, -0.25) is 14.2 Å². The first-order valence-electron chi connectivity index (χ1n) is 8.11. The van der Waals surface area contributed by atoms with Crippen LogP contribution in [0.3, 0.4) is 0 Å². The highest BCUT2D eigenvalue weighted by Gasteiger charge is 2.16. The summed E-state index contributed by atoms with van der Waals surface area (Å²) in [5.41, 5.74) is -0.649. The number of amides is 1. The van der Waals surface area contributed by atoms with Crippen molar-refractivity contribution < 1.29 is 9.53 Å². The summed E-state index contributed by atoms with van der Waals surface area (Å²) in [5.74, 6) is -0.235. The van der Waals surface area contributed by atoms with Crippen LogP contribution < -0.4 is 21.3 Å². The van der Waals surface area contributed by atoms with E-state index >= 15 is 0 Å². The number of methoxy groups -OCH3 is 1. The fraction of sp³-hybridized carbons (Fsp3) is 0.105. The van der Waals surface area contributed by atoms with Crippen molar-refractivity contribution in [1.82, 2.24) is 9.55 Å². The molecule has 2 aromatic carbocycles. The Bertz CT molecular complexity index is 1150. The Morgan fingerprint density at radius 3 is 2.57 bits per heavy atom. The summed E-state index contributed by atoms with van der Waals surface area (Å²) in [4.78, 5) is 39.7. The van der Waals surface area contributed by atoms with Crippen molar-refractivity contribution in [2.24, 2.45) is 0 Å². The molecule has 3 rings (SSSR count). The minimum atomic E-state index is -0.735. The summed E-state index contributed by atoms with van der Waals surface area (Å²) in [6.45, 7) is -0.0661. The molecule has 0 aliphatic rings. The van der Waals surface area contributed by atoms with Crippen molar-refractivity contribution in [2.45, 2.75) is 6.54 Å². The first-order chi connectivity index (χ1) is 13.4. The van der Waals surface area contributed by atoms with Crippen LogP contribution in [-0.2, 0) is 6.54 Å². The van der Waals surface area contributed by atoms with Crippen molar-refractivity contribution in [3.63, 3.8) is 0 Å². The van der Waals surface area contributed by atoms with Gasteiger partial charge >= 0.3 is 5.69 Å². The normalized spacial score (nSPS) is 10.5. The van der Waals surface area contributed by atoms with Crippen LogP contribution in [-0.4, -0.2) is 22.6 Å². The van der Waals surface area contributed by atoms with E-state index in [1.807, 2.05) is 0 Å². The number of ether oxygens (including phenoxy) is 1. The maximum Gasteiger partial charge on any atom is 0.328 e. The fourth-order valence-electron chi connectivity index (χ4n) is 2.56. The molecule has 0 spiro atoms. The van der Waals surface area contributed by atoms with Crippen molar-refractivity contribution in [3.8, 4) is 5.75 Å². The van der Waals surface area contributed by atoms with E-state index in [2.05, 4.69) is 10.3 Å². The Morgan fingerprint density at radius 1 is 1.14 bits per heavy atom. The zero-order valence-corrected chi connectivity index (χ0v) is 16.2. The first-order valence-corrected chi connectivity index (χ1v) is 8.87. The molecule has 1 heterocycles. The lowest BCUT2D eigenvalue weighted by Gasteiger charge is -2.10. The van der Waals surface area contributed by atoms with Crippen molar-refractivity contribution >= 4 is 34.8 Å². The van der Waals surface area contributed by atoms with Crippen molar-refractivity contribution in [2.75, 3.05) is 12.4 Å². The van der Waals surface area contributed by atoms with Crippen LogP contribution >= 0.6 is 23.2 Å². The lowest BCUT2D eigenvalue weighted by Crippen LogP contribution is -2.39. The quantitative estimate of drug-likeness (QED) is 0.663. The standard InChI is InChI=1S/C19H15Cl2N3O4/c1-28-16-7-6-12(8-15(16)21)23-17(25)13-9-22-19(27)24(18(13)26)10-11-4-2-3-5-14(11)20/h2-9H,10H2,1H3,(H,22,27)(H,23,25). The summed E-state index contributed by atoms with van der Waals surface area (Å²) in [6, 6.07) is 11.5. The van der Waals surface area contributed by atoms with E-state index in [1.165, 1.54) is 13.2 Å². The van der Waals surface area contributed by atoms with Crippen molar-refractivity contribution in [3.05, 3.63) is 90.7 Å². The van der Waals surface area contributed by atoms with Gasteiger partial charge in [-0.05, 0) is 29.8 Å². The molecule has 0 atom stereocenters. The average molecular weight is 420 g/mol. The van der Waals surface area contributed by atoms with Crippen LogP contribution in [0, 0.1) is 0 Å². The highest BCUT2D eigenvalue weighted by atomic mass is 35.5. The highest BCUT2D eigenvalue weighted by molar-refractivity contribution is 6.32. The lowest BCUT2D eigenvalue weighted by atomic mass is 10.2. The Hall–Kier alpha value is -3.03. The molecule has 0 saturated heterocycles. The smallest absolute Gasteiger partial charge is 0.328 e. The van der Waals surface area contributed by atoms with Gasteiger partial charge in [-0.1, -0.05) is 41.4 Å². The van der Waals surface area contributed by atoms with Gasteiger partial charge in [0.05, 0.1) is 18.7 Å². The number of anilines is 1.